The average molecular weight is 387 g/mol. The fourth-order valence-electron chi connectivity index (χ4n) is 3.66. The molecule has 26 heavy (non-hydrogen) atoms. The zero-order chi connectivity index (χ0) is 19.1. The lowest BCUT2D eigenvalue weighted by atomic mass is 10.0. The van der Waals surface area contributed by atoms with Crippen LogP contribution in [0.1, 0.15) is 111 Å². The van der Waals surface area contributed by atoms with Gasteiger partial charge in [0.15, 0.2) is 5.79 Å². The monoisotopic (exact) mass is 386 g/mol. The summed E-state index contributed by atoms with van der Waals surface area (Å²) in [7, 11) is 0. The summed E-state index contributed by atoms with van der Waals surface area (Å²) < 4.78 is 11.7. The molecule has 3 heteroatoms. The molecule has 0 spiro atoms. The van der Waals surface area contributed by atoms with E-state index in [0.717, 1.165) is 6.42 Å². The lowest BCUT2D eigenvalue weighted by Crippen LogP contribution is -2.22. The van der Waals surface area contributed by atoms with E-state index in [1.165, 1.54) is 83.5 Å². The van der Waals surface area contributed by atoms with Gasteiger partial charge < -0.3 is 9.47 Å². The topological polar surface area (TPSA) is 18.5 Å². The van der Waals surface area contributed by atoms with Crippen molar-refractivity contribution in [2.75, 3.05) is 5.88 Å². The van der Waals surface area contributed by atoms with Crippen molar-refractivity contribution in [1.82, 2.24) is 0 Å². The molecule has 0 radical (unpaired) electrons. The summed E-state index contributed by atoms with van der Waals surface area (Å²) in [4.78, 5) is 0. The fraction of sp³-hybridized carbons (Fsp3) is 0.913. The number of alkyl halides is 1. The molecular weight excluding hydrogens is 344 g/mol. The lowest BCUT2D eigenvalue weighted by molar-refractivity contribution is -0.141. The quantitative estimate of drug-likeness (QED) is 0.153. The van der Waals surface area contributed by atoms with Crippen LogP contribution in [0.25, 0.3) is 0 Å². The standard InChI is InChI=1S/C23H43ClO2/c1-4-5-6-7-8-9-10-11-12-13-14-15-16-17-18-19-21-22(20-24)26-23(2,3)25-21/h18-19,21-22H,4-17,20H2,1-3H3/b19-18+/t21-,22+/m0/s1. The normalized spacial score (nSPS) is 22.5. The van der Waals surface area contributed by atoms with E-state index in [2.05, 4.69) is 19.1 Å². The van der Waals surface area contributed by atoms with E-state index in [1.807, 2.05) is 13.8 Å². The molecule has 0 unspecified atom stereocenters. The van der Waals surface area contributed by atoms with E-state index in [9.17, 15) is 0 Å². The summed E-state index contributed by atoms with van der Waals surface area (Å²) in [6.45, 7) is 6.19. The van der Waals surface area contributed by atoms with Gasteiger partial charge in [-0.25, -0.2) is 0 Å². The van der Waals surface area contributed by atoms with E-state index in [0.29, 0.717) is 5.88 Å². The van der Waals surface area contributed by atoms with Crippen molar-refractivity contribution in [3.8, 4) is 0 Å². The second-order valence-electron chi connectivity index (χ2n) is 8.25. The molecule has 0 aliphatic carbocycles. The number of hydrogen-bond acceptors (Lipinski definition) is 2. The Morgan fingerprint density at radius 1 is 0.769 bits per heavy atom. The van der Waals surface area contributed by atoms with Crippen LogP contribution in [-0.2, 0) is 9.47 Å². The maximum absolute atomic E-state index is 5.96. The Bertz CT molecular complexity index is 354. The third-order valence-electron chi connectivity index (χ3n) is 5.17. The summed E-state index contributed by atoms with van der Waals surface area (Å²) >= 11 is 5.96. The molecule has 154 valence electrons. The molecule has 0 aromatic rings. The van der Waals surface area contributed by atoms with Gasteiger partial charge in [-0.15, -0.1) is 11.6 Å². The SMILES string of the molecule is CCCCCCCCCCCCCCC/C=C/[C@@H]1OC(C)(C)O[C@@H]1CCl. The zero-order valence-corrected chi connectivity index (χ0v) is 18.4. The number of hydrogen-bond donors (Lipinski definition) is 0. The molecule has 0 N–H and O–H groups in total. The molecule has 2 atom stereocenters. The largest absolute Gasteiger partial charge is 0.343 e. The highest BCUT2D eigenvalue weighted by Gasteiger charge is 2.39. The Morgan fingerprint density at radius 3 is 1.77 bits per heavy atom. The van der Waals surface area contributed by atoms with Crippen molar-refractivity contribution in [3.05, 3.63) is 12.2 Å². The van der Waals surface area contributed by atoms with Crippen LogP contribution < -0.4 is 0 Å². The van der Waals surface area contributed by atoms with Crippen molar-refractivity contribution in [2.45, 2.75) is 129 Å². The third kappa shape index (κ3) is 11.6. The number of rotatable bonds is 16. The van der Waals surface area contributed by atoms with Crippen LogP contribution in [0.2, 0.25) is 0 Å². The third-order valence-corrected chi connectivity index (χ3v) is 5.48. The highest BCUT2D eigenvalue weighted by Crippen LogP contribution is 2.29. The number of halogens is 1. The Labute approximate surface area is 168 Å². The predicted octanol–water partition coefficient (Wildman–Crippen LogP) is 7.78. The van der Waals surface area contributed by atoms with Gasteiger partial charge in [-0.3, -0.25) is 0 Å². The minimum atomic E-state index is -0.510. The Morgan fingerprint density at radius 2 is 1.27 bits per heavy atom. The molecule has 1 rings (SSSR count). The van der Waals surface area contributed by atoms with Gasteiger partial charge in [-0.2, -0.15) is 0 Å². The Hall–Kier alpha value is -0.0500. The van der Waals surface area contributed by atoms with Gasteiger partial charge in [-0.1, -0.05) is 96.1 Å². The first-order valence-electron chi connectivity index (χ1n) is 11.2. The first kappa shape index (κ1) is 24.0. The molecular formula is C23H43ClO2. The smallest absolute Gasteiger partial charge is 0.164 e. The lowest BCUT2D eigenvalue weighted by Gasteiger charge is -2.15. The molecule has 1 fully saturated rings. The van der Waals surface area contributed by atoms with Crippen molar-refractivity contribution in [3.63, 3.8) is 0 Å². The molecule has 1 aliphatic heterocycles. The molecule has 1 saturated heterocycles. The minimum Gasteiger partial charge on any atom is -0.343 e. The van der Waals surface area contributed by atoms with Crippen LogP contribution in [-0.4, -0.2) is 23.9 Å². The maximum atomic E-state index is 5.96. The molecule has 0 amide bonds. The Balaban J connectivity index is 1.87. The van der Waals surface area contributed by atoms with Crippen LogP contribution in [0.15, 0.2) is 12.2 Å². The Kier molecular flexibility index (Phi) is 13.8. The molecule has 2 nitrogen and oxygen atoms in total. The minimum absolute atomic E-state index is 0.00414. The number of ether oxygens (including phenoxy) is 2. The van der Waals surface area contributed by atoms with Crippen LogP contribution in [0.4, 0.5) is 0 Å². The second kappa shape index (κ2) is 14.9. The summed E-state index contributed by atoms with van der Waals surface area (Å²) in [5.74, 6) is -0.0265. The summed E-state index contributed by atoms with van der Waals surface area (Å²) in [6.07, 6.45) is 23.7. The molecule has 0 bridgehead atoms. The zero-order valence-electron chi connectivity index (χ0n) is 17.6. The summed E-state index contributed by atoms with van der Waals surface area (Å²) in [5.41, 5.74) is 0. The van der Waals surface area contributed by atoms with Gasteiger partial charge in [0, 0.05) is 0 Å². The molecule has 0 aromatic carbocycles. The van der Waals surface area contributed by atoms with Crippen LogP contribution in [0.5, 0.6) is 0 Å². The molecule has 1 aliphatic rings. The first-order chi connectivity index (χ1) is 12.6. The van der Waals surface area contributed by atoms with Crippen LogP contribution in [0.3, 0.4) is 0 Å². The van der Waals surface area contributed by atoms with Crippen molar-refractivity contribution in [1.29, 1.82) is 0 Å². The van der Waals surface area contributed by atoms with E-state index >= 15 is 0 Å². The van der Waals surface area contributed by atoms with Crippen molar-refractivity contribution >= 4 is 11.6 Å². The van der Waals surface area contributed by atoms with Gasteiger partial charge in [0.2, 0.25) is 0 Å². The first-order valence-corrected chi connectivity index (χ1v) is 11.7. The highest BCUT2D eigenvalue weighted by atomic mass is 35.5. The fourth-order valence-corrected chi connectivity index (χ4v) is 3.89. The summed E-state index contributed by atoms with van der Waals surface area (Å²) in [6, 6.07) is 0. The highest BCUT2D eigenvalue weighted by molar-refractivity contribution is 6.18. The summed E-state index contributed by atoms with van der Waals surface area (Å²) in [5, 5.41) is 0. The molecule has 0 aromatic heterocycles. The number of unbranched alkanes of at least 4 members (excludes halogenated alkanes) is 13. The van der Waals surface area contributed by atoms with Gasteiger partial charge in [0.05, 0.1) is 5.88 Å². The van der Waals surface area contributed by atoms with Crippen molar-refractivity contribution < 1.29 is 9.47 Å². The van der Waals surface area contributed by atoms with Gasteiger partial charge in [0.25, 0.3) is 0 Å². The van der Waals surface area contributed by atoms with Crippen LogP contribution in [0, 0.1) is 0 Å². The number of allylic oxidation sites excluding steroid dienone is 1. The second-order valence-corrected chi connectivity index (χ2v) is 8.56. The van der Waals surface area contributed by atoms with Gasteiger partial charge >= 0.3 is 0 Å². The van der Waals surface area contributed by atoms with E-state index in [-0.39, 0.29) is 12.2 Å². The van der Waals surface area contributed by atoms with E-state index < -0.39 is 5.79 Å². The average Bonchev–Trinajstić information content (AvgIpc) is 2.92. The van der Waals surface area contributed by atoms with Crippen LogP contribution >= 0.6 is 11.6 Å². The van der Waals surface area contributed by atoms with Gasteiger partial charge in [0.1, 0.15) is 12.2 Å². The van der Waals surface area contributed by atoms with Gasteiger partial charge in [-0.05, 0) is 26.7 Å². The molecule has 1 heterocycles. The van der Waals surface area contributed by atoms with E-state index in [4.69, 9.17) is 21.1 Å². The maximum Gasteiger partial charge on any atom is 0.164 e. The van der Waals surface area contributed by atoms with E-state index in [1.54, 1.807) is 0 Å². The van der Waals surface area contributed by atoms with Crippen molar-refractivity contribution in [2.24, 2.45) is 0 Å². The molecule has 0 saturated carbocycles. The predicted molar refractivity (Wildman–Crippen MR) is 114 cm³/mol.